The largest absolute Gasteiger partial charge is 0.496 e. The standard InChI is InChI=1S/C21H23N5O2/c1-12-6-7-16(28-3)13(2)17(12)19-18-14(20(22)24-11-23-18)10-15(25-19)21(27)26-8-4-5-9-26/h6-7,10-11H,4-5,8-9H2,1-3H3,(H2,22,23,24). The van der Waals surface area contributed by atoms with Crippen LogP contribution < -0.4 is 10.5 Å². The van der Waals surface area contributed by atoms with E-state index in [-0.39, 0.29) is 5.91 Å². The van der Waals surface area contributed by atoms with E-state index in [1.807, 2.05) is 30.9 Å². The van der Waals surface area contributed by atoms with Gasteiger partial charge in [0.05, 0.1) is 12.8 Å². The first-order chi connectivity index (χ1) is 13.5. The number of rotatable bonds is 3. The molecule has 1 aliphatic rings. The van der Waals surface area contributed by atoms with E-state index in [0.29, 0.717) is 28.1 Å². The highest BCUT2D eigenvalue weighted by Gasteiger charge is 2.24. The maximum atomic E-state index is 13.0. The predicted molar refractivity (Wildman–Crippen MR) is 108 cm³/mol. The Kier molecular flexibility index (Phi) is 4.58. The van der Waals surface area contributed by atoms with Crippen molar-refractivity contribution in [3.8, 4) is 17.0 Å². The molecule has 1 aliphatic heterocycles. The first kappa shape index (κ1) is 18.2. The van der Waals surface area contributed by atoms with Crippen molar-refractivity contribution in [2.75, 3.05) is 25.9 Å². The van der Waals surface area contributed by atoms with Gasteiger partial charge < -0.3 is 15.4 Å². The van der Waals surface area contributed by atoms with Crippen LogP contribution in [0.4, 0.5) is 5.82 Å². The summed E-state index contributed by atoms with van der Waals surface area (Å²) in [6.45, 7) is 5.50. The molecular formula is C21H23N5O2. The van der Waals surface area contributed by atoms with Crippen molar-refractivity contribution in [1.82, 2.24) is 19.9 Å². The number of hydrogen-bond acceptors (Lipinski definition) is 6. The van der Waals surface area contributed by atoms with E-state index in [1.165, 1.54) is 6.33 Å². The SMILES string of the molecule is COc1ccc(C)c(-c2nc(C(=O)N3CCCC3)cc3c(N)ncnc23)c1C. The molecule has 3 aromatic rings. The van der Waals surface area contributed by atoms with Gasteiger partial charge in [-0.1, -0.05) is 6.07 Å². The van der Waals surface area contributed by atoms with Crippen molar-refractivity contribution in [2.24, 2.45) is 0 Å². The molecule has 1 fully saturated rings. The lowest BCUT2D eigenvalue weighted by atomic mass is 9.96. The van der Waals surface area contributed by atoms with Crippen LogP contribution in [-0.4, -0.2) is 46.0 Å². The summed E-state index contributed by atoms with van der Waals surface area (Å²) in [6, 6.07) is 5.62. The summed E-state index contributed by atoms with van der Waals surface area (Å²) in [5.74, 6) is 1.01. The third-order valence-electron chi connectivity index (χ3n) is 5.35. The molecule has 3 heterocycles. The van der Waals surface area contributed by atoms with Gasteiger partial charge in [0.25, 0.3) is 5.91 Å². The summed E-state index contributed by atoms with van der Waals surface area (Å²) in [6.07, 6.45) is 3.46. The van der Waals surface area contributed by atoms with Gasteiger partial charge in [0, 0.05) is 29.6 Å². The van der Waals surface area contributed by atoms with Crippen molar-refractivity contribution in [3.05, 3.63) is 41.3 Å². The number of carbonyl (C=O) groups is 1. The second-order valence-corrected chi connectivity index (χ2v) is 7.10. The number of nitrogens with zero attached hydrogens (tertiary/aromatic N) is 4. The van der Waals surface area contributed by atoms with E-state index in [1.54, 1.807) is 13.2 Å². The number of aromatic nitrogens is 3. The molecule has 2 N–H and O–H groups in total. The molecule has 7 nitrogen and oxygen atoms in total. The summed E-state index contributed by atoms with van der Waals surface area (Å²) in [7, 11) is 1.64. The summed E-state index contributed by atoms with van der Waals surface area (Å²) < 4.78 is 5.50. The van der Waals surface area contributed by atoms with Crippen molar-refractivity contribution in [2.45, 2.75) is 26.7 Å². The lowest BCUT2D eigenvalue weighted by molar-refractivity contribution is 0.0787. The van der Waals surface area contributed by atoms with Gasteiger partial charge in [0.1, 0.15) is 29.1 Å². The van der Waals surface area contributed by atoms with Crippen LogP contribution >= 0.6 is 0 Å². The molecule has 4 rings (SSSR count). The number of ether oxygens (including phenoxy) is 1. The number of nitrogen functional groups attached to an aromatic ring is 1. The zero-order valence-corrected chi connectivity index (χ0v) is 16.3. The van der Waals surface area contributed by atoms with Crippen LogP contribution in [0.3, 0.4) is 0 Å². The second-order valence-electron chi connectivity index (χ2n) is 7.10. The number of pyridine rings is 1. The average Bonchev–Trinajstić information content (AvgIpc) is 3.23. The number of amides is 1. The fraction of sp³-hybridized carbons (Fsp3) is 0.333. The number of anilines is 1. The molecule has 0 unspecified atom stereocenters. The number of aryl methyl sites for hydroxylation is 1. The normalized spacial score (nSPS) is 13.9. The van der Waals surface area contributed by atoms with Gasteiger partial charge in [-0.2, -0.15) is 0 Å². The first-order valence-electron chi connectivity index (χ1n) is 9.36. The fourth-order valence-electron chi connectivity index (χ4n) is 3.86. The highest BCUT2D eigenvalue weighted by Crippen LogP contribution is 2.36. The number of hydrogen-bond donors (Lipinski definition) is 1. The average molecular weight is 377 g/mol. The van der Waals surface area contributed by atoms with Gasteiger partial charge in [-0.3, -0.25) is 4.79 Å². The Bertz CT molecular complexity index is 1070. The fourth-order valence-corrected chi connectivity index (χ4v) is 3.86. The van der Waals surface area contributed by atoms with E-state index in [0.717, 1.165) is 48.4 Å². The zero-order valence-electron chi connectivity index (χ0n) is 16.3. The van der Waals surface area contributed by atoms with Gasteiger partial charge >= 0.3 is 0 Å². The molecule has 2 aromatic heterocycles. The maximum Gasteiger partial charge on any atom is 0.272 e. The number of carbonyl (C=O) groups excluding carboxylic acids is 1. The lowest BCUT2D eigenvalue weighted by Gasteiger charge is -2.18. The van der Waals surface area contributed by atoms with E-state index >= 15 is 0 Å². The molecule has 0 saturated carbocycles. The molecule has 0 atom stereocenters. The molecule has 28 heavy (non-hydrogen) atoms. The highest BCUT2D eigenvalue weighted by molar-refractivity contribution is 6.03. The minimum absolute atomic E-state index is 0.0814. The van der Waals surface area contributed by atoms with Crippen molar-refractivity contribution < 1.29 is 9.53 Å². The number of likely N-dealkylation sites (tertiary alicyclic amines) is 1. The summed E-state index contributed by atoms with van der Waals surface area (Å²) in [5, 5.41) is 0.636. The lowest BCUT2D eigenvalue weighted by Crippen LogP contribution is -2.28. The Balaban J connectivity index is 2.00. The summed E-state index contributed by atoms with van der Waals surface area (Å²) >= 11 is 0. The van der Waals surface area contributed by atoms with Crippen molar-refractivity contribution in [1.29, 1.82) is 0 Å². The minimum atomic E-state index is -0.0814. The molecule has 1 amide bonds. The van der Waals surface area contributed by atoms with Crippen LogP contribution in [0.15, 0.2) is 24.5 Å². The van der Waals surface area contributed by atoms with Crippen LogP contribution in [0.2, 0.25) is 0 Å². The molecule has 7 heteroatoms. The molecular weight excluding hydrogens is 354 g/mol. The van der Waals surface area contributed by atoms with E-state index in [9.17, 15) is 4.79 Å². The molecule has 0 radical (unpaired) electrons. The van der Waals surface area contributed by atoms with Crippen LogP contribution in [0.5, 0.6) is 5.75 Å². The molecule has 1 aromatic carbocycles. The highest BCUT2D eigenvalue weighted by atomic mass is 16.5. The van der Waals surface area contributed by atoms with Gasteiger partial charge in [-0.05, 0) is 44.4 Å². The Morgan fingerprint density at radius 2 is 1.93 bits per heavy atom. The van der Waals surface area contributed by atoms with Crippen LogP contribution in [0.25, 0.3) is 22.2 Å². The molecule has 144 valence electrons. The van der Waals surface area contributed by atoms with E-state index in [2.05, 4.69) is 9.97 Å². The molecule has 0 bridgehead atoms. The zero-order chi connectivity index (χ0) is 19.8. The quantitative estimate of drug-likeness (QED) is 0.754. The maximum absolute atomic E-state index is 13.0. The molecule has 0 aliphatic carbocycles. The number of benzene rings is 1. The third kappa shape index (κ3) is 2.93. The van der Waals surface area contributed by atoms with Crippen LogP contribution in [0.1, 0.15) is 34.5 Å². The van der Waals surface area contributed by atoms with Gasteiger partial charge in [-0.25, -0.2) is 15.0 Å². The van der Waals surface area contributed by atoms with E-state index in [4.69, 9.17) is 15.5 Å². The third-order valence-corrected chi connectivity index (χ3v) is 5.35. The summed E-state index contributed by atoms with van der Waals surface area (Å²) in [4.78, 5) is 28.2. The van der Waals surface area contributed by atoms with Gasteiger partial charge in [0.15, 0.2) is 0 Å². The number of nitrogens with two attached hydrogens (primary N) is 1. The Labute approximate surface area is 163 Å². The number of fused-ring (bicyclic) bond motifs is 1. The molecule has 0 spiro atoms. The van der Waals surface area contributed by atoms with Crippen molar-refractivity contribution in [3.63, 3.8) is 0 Å². The Morgan fingerprint density at radius 3 is 2.64 bits per heavy atom. The smallest absolute Gasteiger partial charge is 0.272 e. The van der Waals surface area contributed by atoms with Crippen LogP contribution in [-0.2, 0) is 0 Å². The first-order valence-corrected chi connectivity index (χ1v) is 9.36. The minimum Gasteiger partial charge on any atom is -0.496 e. The van der Waals surface area contributed by atoms with Gasteiger partial charge in [-0.15, -0.1) is 0 Å². The van der Waals surface area contributed by atoms with Gasteiger partial charge in [0.2, 0.25) is 0 Å². The Morgan fingerprint density at radius 1 is 1.18 bits per heavy atom. The van der Waals surface area contributed by atoms with Crippen molar-refractivity contribution >= 4 is 22.6 Å². The second kappa shape index (κ2) is 7.07. The predicted octanol–water partition coefficient (Wildman–Crippen LogP) is 3.14. The van der Waals surface area contributed by atoms with E-state index < -0.39 is 0 Å². The summed E-state index contributed by atoms with van der Waals surface area (Å²) in [5.41, 5.74) is 10.6. The number of methoxy groups -OCH3 is 1. The Hall–Kier alpha value is -3.22. The molecule has 1 saturated heterocycles. The van der Waals surface area contributed by atoms with Crippen LogP contribution in [0, 0.1) is 13.8 Å². The topological polar surface area (TPSA) is 94.2 Å². The monoisotopic (exact) mass is 377 g/mol.